The normalized spacial score (nSPS) is 14.3. The Bertz CT molecular complexity index is 436. The van der Waals surface area contributed by atoms with Gasteiger partial charge in [-0.1, -0.05) is 0 Å². The number of alkyl halides is 6. The predicted octanol–water partition coefficient (Wildman–Crippen LogP) is 3.58. The second-order valence-electron chi connectivity index (χ2n) is 4.71. The zero-order valence-corrected chi connectivity index (χ0v) is 11.1. The van der Waals surface area contributed by atoms with Crippen LogP contribution in [0.1, 0.15) is 30.0 Å². The topological polar surface area (TPSA) is 32.3 Å². The van der Waals surface area contributed by atoms with E-state index in [1.807, 2.05) is 0 Å². The fraction of sp³-hybridized carbons (Fsp3) is 0.538. The zero-order chi connectivity index (χ0) is 16.3. The average molecular weight is 315 g/mol. The third-order valence-electron chi connectivity index (χ3n) is 2.86. The maximum absolute atomic E-state index is 12.6. The third kappa shape index (κ3) is 5.55. The predicted molar refractivity (Wildman–Crippen MR) is 64.5 cm³/mol. The first-order valence-corrected chi connectivity index (χ1v) is 6.16. The van der Waals surface area contributed by atoms with Gasteiger partial charge in [-0.3, -0.25) is 0 Å². The molecule has 1 aromatic carbocycles. The highest BCUT2D eigenvalue weighted by molar-refractivity contribution is 5.33. The van der Waals surface area contributed by atoms with Crippen LogP contribution in [0.15, 0.2) is 18.2 Å². The number of halogens is 6. The molecule has 0 fully saturated rings. The Kier molecular flexibility index (Phi) is 5.63. The summed E-state index contributed by atoms with van der Waals surface area (Å²) >= 11 is 0. The molecule has 1 aromatic rings. The largest absolute Gasteiger partial charge is 0.416 e. The summed E-state index contributed by atoms with van der Waals surface area (Å²) in [7, 11) is 0. The van der Waals surface area contributed by atoms with Crippen molar-refractivity contribution in [2.24, 2.45) is 0 Å². The molecular formula is C13H15F6NO. The fourth-order valence-corrected chi connectivity index (χ4v) is 1.71. The first kappa shape index (κ1) is 17.8. The second kappa shape index (κ2) is 6.65. The molecule has 1 rings (SSSR count). The van der Waals surface area contributed by atoms with Crippen molar-refractivity contribution in [2.45, 2.75) is 38.3 Å². The minimum absolute atomic E-state index is 0.0979. The van der Waals surface area contributed by atoms with Gasteiger partial charge < -0.3 is 10.4 Å². The van der Waals surface area contributed by atoms with Crippen LogP contribution in [0, 0.1) is 0 Å². The molecule has 0 bridgehead atoms. The van der Waals surface area contributed by atoms with Crippen LogP contribution >= 0.6 is 0 Å². The summed E-state index contributed by atoms with van der Waals surface area (Å²) in [5.41, 5.74) is -2.77. The van der Waals surface area contributed by atoms with Crippen LogP contribution < -0.4 is 5.32 Å². The maximum atomic E-state index is 12.6. The molecular weight excluding hydrogens is 300 g/mol. The van der Waals surface area contributed by atoms with E-state index in [9.17, 15) is 26.3 Å². The van der Waals surface area contributed by atoms with Crippen LogP contribution in [0.25, 0.3) is 0 Å². The van der Waals surface area contributed by atoms with Gasteiger partial charge in [0.2, 0.25) is 0 Å². The Labute approximate surface area is 117 Å². The zero-order valence-electron chi connectivity index (χ0n) is 11.1. The van der Waals surface area contributed by atoms with Crippen molar-refractivity contribution in [1.82, 2.24) is 5.32 Å². The van der Waals surface area contributed by atoms with E-state index >= 15 is 0 Å². The molecule has 1 unspecified atom stereocenters. The molecule has 1 atom stereocenters. The Hall–Kier alpha value is -1.28. The van der Waals surface area contributed by atoms with Crippen LogP contribution in [0.2, 0.25) is 0 Å². The van der Waals surface area contributed by atoms with E-state index in [1.165, 1.54) is 0 Å². The maximum Gasteiger partial charge on any atom is 0.416 e. The minimum atomic E-state index is -4.84. The molecule has 0 aliphatic carbocycles. The average Bonchev–Trinajstić information content (AvgIpc) is 2.34. The SMILES string of the molecule is CC(CCO)NCc1cc(C(F)(F)F)cc(C(F)(F)F)c1. The van der Waals surface area contributed by atoms with Crippen molar-refractivity contribution in [3.63, 3.8) is 0 Å². The highest BCUT2D eigenvalue weighted by Gasteiger charge is 2.36. The number of benzene rings is 1. The lowest BCUT2D eigenvalue weighted by atomic mass is 10.0. The molecule has 120 valence electrons. The lowest BCUT2D eigenvalue weighted by Gasteiger charge is -2.16. The Morgan fingerprint density at radius 1 is 1.00 bits per heavy atom. The molecule has 0 radical (unpaired) electrons. The summed E-state index contributed by atoms with van der Waals surface area (Å²) in [4.78, 5) is 0. The number of rotatable bonds is 5. The first-order chi connectivity index (χ1) is 9.54. The van der Waals surface area contributed by atoms with Crippen molar-refractivity contribution < 1.29 is 31.4 Å². The van der Waals surface area contributed by atoms with Gasteiger partial charge in [-0.2, -0.15) is 26.3 Å². The molecule has 0 heterocycles. The van der Waals surface area contributed by atoms with E-state index in [0.717, 1.165) is 0 Å². The van der Waals surface area contributed by atoms with Crippen molar-refractivity contribution in [3.05, 3.63) is 34.9 Å². The first-order valence-electron chi connectivity index (χ1n) is 6.16. The van der Waals surface area contributed by atoms with Crippen molar-refractivity contribution >= 4 is 0 Å². The summed E-state index contributed by atoms with van der Waals surface area (Å²) in [6.45, 7) is 1.41. The molecule has 0 amide bonds. The molecule has 8 heteroatoms. The molecule has 2 N–H and O–H groups in total. The number of hydrogen-bond donors (Lipinski definition) is 2. The lowest BCUT2D eigenvalue weighted by Crippen LogP contribution is -2.26. The van der Waals surface area contributed by atoms with Gasteiger partial charge in [-0.05, 0) is 37.1 Å². The number of aliphatic hydroxyl groups excluding tert-OH is 1. The van der Waals surface area contributed by atoms with Crippen LogP contribution in [-0.4, -0.2) is 17.8 Å². The number of hydrogen-bond acceptors (Lipinski definition) is 2. The van der Waals surface area contributed by atoms with E-state index in [-0.39, 0.29) is 30.8 Å². The van der Waals surface area contributed by atoms with Crippen molar-refractivity contribution in [1.29, 1.82) is 0 Å². The van der Waals surface area contributed by atoms with Gasteiger partial charge in [-0.25, -0.2) is 0 Å². The molecule has 0 aromatic heterocycles. The van der Waals surface area contributed by atoms with Gasteiger partial charge in [0, 0.05) is 19.2 Å². The van der Waals surface area contributed by atoms with Gasteiger partial charge in [0.05, 0.1) is 11.1 Å². The van der Waals surface area contributed by atoms with E-state index in [2.05, 4.69) is 5.32 Å². The molecule has 21 heavy (non-hydrogen) atoms. The van der Waals surface area contributed by atoms with Gasteiger partial charge in [-0.15, -0.1) is 0 Å². The van der Waals surface area contributed by atoms with E-state index in [4.69, 9.17) is 5.11 Å². The summed E-state index contributed by atoms with van der Waals surface area (Å²) in [6, 6.07) is 1.25. The van der Waals surface area contributed by atoms with Crippen molar-refractivity contribution in [2.75, 3.05) is 6.61 Å². The Balaban J connectivity index is 3.03. The molecule has 0 saturated heterocycles. The molecule has 0 aliphatic rings. The van der Waals surface area contributed by atoms with E-state index < -0.39 is 23.5 Å². The van der Waals surface area contributed by atoms with Crippen LogP contribution in [0.5, 0.6) is 0 Å². The Morgan fingerprint density at radius 3 is 1.86 bits per heavy atom. The quantitative estimate of drug-likeness (QED) is 0.814. The van der Waals surface area contributed by atoms with Crippen LogP contribution in [-0.2, 0) is 18.9 Å². The third-order valence-corrected chi connectivity index (χ3v) is 2.86. The lowest BCUT2D eigenvalue weighted by molar-refractivity contribution is -0.143. The molecule has 0 spiro atoms. The van der Waals surface area contributed by atoms with Gasteiger partial charge in [0.1, 0.15) is 0 Å². The molecule has 0 aliphatic heterocycles. The Morgan fingerprint density at radius 2 is 1.48 bits per heavy atom. The summed E-state index contributed by atoms with van der Waals surface area (Å²) in [5.74, 6) is 0. The van der Waals surface area contributed by atoms with Gasteiger partial charge in [0.25, 0.3) is 0 Å². The monoisotopic (exact) mass is 315 g/mol. The van der Waals surface area contributed by atoms with Crippen LogP contribution in [0.3, 0.4) is 0 Å². The van der Waals surface area contributed by atoms with E-state index in [1.54, 1.807) is 6.92 Å². The van der Waals surface area contributed by atoms with Gasteiger partial charge >= 0.3 is 12.4 Å². The van der Waals surface area contributed by atoms with Crippen LogP contribution in [0.4, 0.5) is 26.3 Å². The summed E-state index contributed by atoms with van der Waals surface area (Å²) in [5, 5.41) is 11.5. The smallest absolute Gasteiger partial charge is 0.396 e. The molecule has 2 nitrogen and oxygen atoms in total. The minimum Gasteiger partial charge on any atom is -0.396 e. The fourth-order valence-electron chi connectivity index (χ4n) is 1.71. The van der Waals surface area contributed by atoms with E-state index in [0.29, 0.717) is 18.6 Å². The highest BCUT2D eigenvalue weighted by Crippen LogP contribution is 2.36. The standard InChI is InChI=1S/C13H15F6NO/c1-8(2-3-21)20-7-9-4-10(12(14,15)16)6-11(5-9)13(17,18)19/h4-6,8,20-21H,2-3,7H2,1H3. The van der Waals surface area contributed by atoms with Crippen molar-refractivity contribution in [3.8, 4) is 0 Å². The summed E-state index contributed by atoms with van der Waals surface area (Å²) in [6.07, 6.45) is -9.33. The van der Waals surface area contributed by atoms with Gasteiger partial charge in [0.15, 0.2) is 0 Å². The summed E-state index contributed by atoms with van der Waals surface area (Å²) < 4.78 is 75.8. The highest BCUT2D eigenvalue weighted by atomic mass is 19.4. The number of aliphatic hydroxyl groups is 1. The number of nitrogens with one attached hydrogen (secondary N) is 1. The molecule has 0 saturated carbocycles. The second-order valence-corrected chi connectivity index (χ2v) is 4.71.